The molecule has 2 rings (SSSR count). The zero-order chi connectivity index (χ0) is 13.5. The summed E-state index contributed by atoms with van der Waals surface area (Å²) in [4.78, 5) is 0. The largest absolute Gasteiger partial charge is 0.494 e. The van der Waals surface area contributed by atoms with Crippen LogP contribution in [-0.2, 0) is 4.74 Å². The van der Waals surface area contributed by atoms with Crippen molar-refractivity contribution in [1.29, 1.82) is 0 Å². The van der Waals surface area contributed by atoms with Crippen molar-refractivity contribution in [3.63, 3.8) is 0 Å². The van der Waals surface area contributed by atoms with Gasteiger partial charge in [-0.3, -0.25) is 0 Å². The van der Waals surface area contributed by atoms with Crippen LogP contribution in [0.3, 0.4) is 0 Å². The third kappa shape index (κ3) is 4.51. The van der Waals surface area contributed by atoms with Crippen LogP contribution in [0.25, 0.3) is 0 Å². The molecule has 1 saturated heterocycles. The first kappa shape index (κ1) is 14.4. The van der Waals surface area contributed by atoms with Crippen LogP contribution in [0, 0.1) is 0 Å². The average molecular weight is 263 g/mol. The number of hydrogen-bond acceptors (Lipinski definition) is 3. The third-order valence-electron chi connectivity index (χ3n) is 3.62. The van der Waals surface area contributed by atoms with Gasteiger partial charge in [0.2, 0.25) is 0 Å². The molecule has 0 aromatic heterocycles. The van der Waals surface area contributed by atoms with Gasteiger partial charge in [0.1, 0.15) is 5.75 Å². The van der Waals surface area contributed by atoms with Gasteiger partial charge in [-0.15, -0.1) is 0 Å². The Hall–Kier alpha value is -1.06. The van der Waals surface area contributed by atoms with Crippen LogP contribution in [0.2, 0.25) is 0 Å². The van der Waals surface area contributed by atoms with E-state index in [1.165, 1.54) is 24.8 Å². The Morgan fingerprint density at radius 3 is 2.74 bits per heavy atom. The van der Waals surface area contributed by atoms with E-state index in [-0.39, 0.29) is 0 Å². The second kappa shape index (κ2) is 7.51. The first-order valence-electron chi connectivity index (χ1n) is 7.37. The van der Waals surface area contributed by atoms with Gasteiger partial charge in [-0.05, 0) is 50.8 Å². The molecule has 2 atom stereocenters. The fourth-order valence-electron chi connectivity index (χ4n) is 2.41. The highest BCUT2D eigenvalue weighted by atomic mass is 16.5. The van der Waals surface area contributed by atoms with Crippen molar-refractivity contribution in [3.05, 3.63) is 29.8 Å². The molecule has 0 amide bonds. The van der Waals surface area contributed by atoms with Crippen molar-refractivity contribution in [2.45, 2.75) is 45.3 Å². The molecule has 1 heterocycles. The Morgan fingerprint density at radius 1 is 1.32 bits per heavy atom. The quantitative estimate of drug-likeness (QED) is 0.854. The van der Waals surface area contributed by atoms with Crippen LogP contribution in [-0.4, -0.2) is 25.9 Å². The summed E-state index contributed by atoms with van der Waals surface area (Å²) in [6.07, 6.45) is 4.08. The van der Waals surface area contributed by atoms with Crippen molar-refractivity contribution in [2.75, 3.05) is 19.8 Å². The van der Waals surface area contributed by atoms with Crippen molar-refractivity contribution < 1.29 is 9.47 Å². The van der Waals surface area contributed by atoms with Gasteiger partial charge in [-0.25, -0.2) is 0 Å². The standard InChI is InChI=1S/C16H25NO2/c1-3-18-15-9-7-14(8-10-15)13(2)17-12-16-6-4-5-11-19-16/h7-10,13,16-17H,3-6,11-12H2,1-2H3. The van der Waals surface area contributed by atoms with Gasteiger partial charge in [0, 0.05) is 19.2 Å². The summed E-state index contributed by atoms with van der Waals surface area (Å²) in [7, 11) is 0. The highest BCUT2D eigenvalue weighted by Crippen LogP contribution is 2.18. The van der Waals surface area contributed by atoms with Gasteiger partial charge in [-0.2, -0.15) is 0 Å². The van der Waals surface area contributed by atoms with Gasteiger partial charge >= 0.3 is 0 Å². The number of nitrogens with one attached hydrogen (secondary N) is 1. The summed E-state index contributed by atoms with van der Waals surface area (Å²) in [5, 5.41) is 3.55. The lowest BCUT2D eigenvalue weighted by molar-refractivity contribution is 0.0156. The molecule has 1 aliphatic rings. The molecule has 1 fully saturated rings. The average Bonchev–Trinajstić information content (AvgIpc) is 2.47. The molecule has 1 aliphatic heterocycles. The molecule has 0 radical (unpaired) electrons. The van der Waals surface area contributed by atoms with E-state index in [0.29, 0.717) is 18.8 Å². The van der Waals surface area contributed by atoms with Gasteiger partial charge in [0.05, 0.1) is 12.7 Å². The van der Waals surface area contributed by atoms with Crippen LogP contribution in [0.15, 0.2) is 24.3 Å². The van der Waals surface area contributed by atoms with Gasteiger partial charge in [-0.1, -0.05) is 12.1 Å². The third-order valence-corrected chi connectivity index (χ3v) is 3.62. The highest BCUT2D eigenvalue weighted by Gasteiger charge is 2.14. The second-order valence-corrected chi connectivity index (χ2v) is 5.12. The summed E-state index contributed by atoms with van der Waals surface area (Å²) in [5.41, 5.74) is 1.29. The first-order chi connectivity index (χ1) is 9.29. The Morgan fingerprint density at radius 2 is 2.11 bits per heavy atom. The van der Waals surface area contributed by atoms with Crippen LogP contribution < -0.4 is 10.1 Å². The molecule has 1 aromatic carbocycles. The number of hydrogen-bond donors (Lipinski definition) is 1. The Labute approximate surface area is 116 Å². The predicted molar refractivity (Wildman–Crippen MR) is 77.6 cm³/mol. The molecule has 106 valence electrons. The van der Waals surface area contributed by atoms with Gasteiger partial charge in [0.25, 0.3) is 0 Å². The zero-order valence-corrected chi connectivity index (χ0v) is 12.0. The SMILES string of the molecule is CCOc1ccc(C(C)NCC2CCCCO2)cc1. The predicted octanol–water partition coefficient (Wildman–Crippen LogP) is 3.31. The van der Waals surface area contributed by atoms with E-state index >= 15 is 0 Å². The maximum atomic E-state index is 5.73. The van der Waals surface area contributed by atoms with E-state index in [0.717, 1.165) is 18.9 Å². The maximum Gasteiger partial charge on any atom is 0.119 e. The Balaban J connectivity index is 1.79. The maximum absolute atomic E-state index is 5.73. The van der Waals surface area contributed by atoms with E-state index < -0.39 is 0 Å². The van der Waals surface area contributed by atoms with E-state index in [2.05, 4.69) is 24.4 Å². The van der Waals surface area contributed by atoms with E-state index in [1.807, 2.05) is 19.1 Å². The minimum absolute atomic E-state index is 0.348. The van der Waals surface area contributed by atoms with Crippen molar-refractivity contribution in [3.8, 4) is 5.75 Å². The molecule has 2 unspecified atom stereocenters. The topological polar surface area (TPSA) is 30.5 Å². The molecule has 0 bridgehead atoms. The lowest BCUT2D eigenvalue weighted by Gasteiger charge is -2.25. The summed E-state index contributed by atoms with van der Waals surface area (Å²) < 4.78 is 11.2. The molecule has 0 saturated carbocycles. The number of rotatable bonds is 6. The number of ether oxygens (including phenoxy) is 2. The lowest BCUT2D eigenvalue weighted by Crippen LogP contribution is -2.33. The Bertz CT molecular complexity index is 358. The molecular formula is C16H25NO2. The van der Waals surface area contributed by atoms with Crippen LogP contribution in [0.4, 0.5) is 0 Å². The van der Waals surface area contributed by atoms with Gasteiger partial charge < -0.3 is 14.8 Å². The summed E-state index contributed by atoms with van der Waals surface area (Å²) in [5.74, 6) is 0.939. The fourth-order valence-corrected chi connectivity index (χ4v) is 2.41. The molecular weight excluding hydrogens is 238 g/mol. The normalized spacial score (nSPS) is 21.1. The minimum Gasteiger partial charge on any atom is -0.494 e. The Kier molecular flexibility index (Phi) is 5.67. The second-order valence-electron chi connectivity index (χ2n) is 5.12. The molecule has 3 heteroatoms. The smallest absolute Gasteiger partial charge is 0.119 e. The molecule has 3 nitrogen and oxygen atoms in total. The molecule has 0 spiro atoms. The van der Waals surface area contributed by atoms with Crippen LogP contribution >= 0.6 is 0 Å². The first-order valence-corrected chi connectivity index (χ1v) is 7.37. The monoisotopic (exact) mass is 263 g/mol. The molecule has 1 N–H and O–H groups in total. The van der Waals surface area contributed by atoms with Crippen molar-refractivity contribution in [2.24, 2.45) is 0 Å². The molecule has 0 aliphatic carbocycles. The number of benzene rings is 1. The molecule has 1 aromatic rings. The summed E-state index contributed by atoms with van der Waals surface area (Å²) >= 11 is 0. The van der Waals surface area contributed by atoms with Crippen molar-refractivity contribution >= 4 is 0 Å². The van der Waals surface area contributed by atoms with E-state index in [4.69, 9.17) is 9.47 Å². The summed E-state index contributed by atoms with van der Waals surface area (Å²) in [6.45, 7) is 6.77. The van der Waals surface area contributed by atoms with Crippen LogP contribution in [0.1, 0.15) is 44.7 Å². The van der Waals surface area contributed by atoms with Gasteiger partial charge in [0.15, 0.2) is 0 Å². The molecule has 19 heavy (non-hydrogen) atoms. The summed E-state index contributed by atoms with van der Waals surface area (Å²) in [6, 6.07) is 8.68. The van der Waals surface area contributed by atoms with E-state index in [9.17, 15) is 0 Å². The van der Waals surface area contributed by atoms with Crippen molar-refractivity contribution in [1.82, 2.24) is 5.32 Å². The highest BCUT2D eigenvalue weighted by molar-refractivity contribution is 5.28. The lowest BCUT2D eigenvalue weighted by atomic mass is 10.1. The van der Waals surface area contributed by atoms with Crippen LogP contribution in [0.5, 0.6) is 5.75 Å². The zero-order valence-electron chi connectivity index (χ0n) is 12.0. The fraction of sp³-hybridized carbons (Fsp3) is 0.625. The van der Waals surface area contributed by atoms with E-state index in [1.54, 1.807) is 0 Å². The minimum atomic E-state index is 0.348.